The Labute approximate surface area is 120 Å². The molecule has 3 heterocycles. The van der Waals surface area contributed by atoms with E-state index in [4.69, 9.17) is 5.73 Å². The van der Waals surface area contributed by atoms with E-state index in [0.29, 0.717) is 5.95 Å². The number of nitrogens with zero attached hydrogens (tertiary/aromatic N) is 5. The first-order valence-electron chi connectivity index (χ1n) is 7.54. The zero-order valence-electron chi connectivity index (χ0n) is 12.5. The maximum absolute atomic E-state index is 5.95. The van der Waals surface area contributed by atoms with Crippen molar-refractivity contribution in [2.24, 2.45) is 0 Å². The summed E-state index contributed by atoms with van der Waals surface area (Å²) in [6.07, 6.45) is 2.24. The molecule has 0 bridgehead atoms. The maximum atomic E-state index is 5.95. The van der Waals surface area contributed by atoms with Crippen molar-refractivity contribution in [3.8, 4) is 0 Å². The molecule has 2 N–H and O–H groups in total. The number of hydrogen-bond donors (Lipinski definition) is 1. The number of piperazine rings is 1. The highest BCUT2D eigenvalue weighted by Gasteiger charge is 2.26. The van der Waals surface area contributed by atoms with Gasteiger partial charge >= 0.3 is 0 Å². The SMILES string of the molecule is CCN1CCCc2c1nc(N)nc2N1CCN(C)CC1. The Bertz CT molecular complexity index is 481. The van der Waals surface area contributed by atoms with Crippen LogP contribution in [0.2, 0.25) is 0 Å². The zero-order valence-corrected chi connectivity index (χ0v) is 12.5. The van der Waals surface area contributed by atoms with Crippen LogP contribution in [-0.4, -0.2) is 61.2 Å². The van der Waals surface area contributed by atoms with Gasteiger partial charge in [-0.25, -0.2) is 0 Å². The number of rotatable bonds is 2. The molecule has 2 aliphatic heterocycles. The van der Waals surface area contributed by atoms with Crippen LogP contribution in [0.25, 0.3) is 0 Å². The van der Waals surface area contributed by atoms with Crippen LogP contribution in [0, 0.1) is 0 Å². The van der Waals surface area contributed by atoms with E-state index < -0.39 is 0 Å². The van der Waals surface area contributed by atoms with Gasteiger partial charge in [0.25, 0.3) is 0 Å². The van der Waals surface area contributed by atoms with Gasteiger partial charge in [0.2, 0.25) is 5.95 Å². The van der Waals surface area contributed by atoms with E-state index >= 15 is 0 Å². The number of aromatic nitrogens is 2. The largest absolute Gasteiger partial charge is 0.368 e. The third kappa shape index (κ3) is 2.40. The average Bonchev–Trinajstić information content (AvgIpc) is 2.46. The fourth-order valence-electron chi connectivity index (χ4n) is 3.10. The molecule has 110 valence electrons. The minimum absolute atomic E-state index is 0.401. The molecule has 2 aliphatic rings. The lowest BCUT2D eigenvalue weighted by Crippen LogP contribution is -2.45. The standard InChI is InChI=1S/C14H24N6/c1-3-19-6-4-5-11-12(19)16-14(15)17-13(11)20-9-7-18(2)8-10-20/h3-10H2,1-2H3,(H2,15,16,17). The van der Waals surface area contributed by atoms with Crippen molar-refractivity contribution in [1.29, 1.82) is 0 Å². The van der Waals surface area contributed by atoms with E-state index in [-0.39, 0.29) is 0 Å². The van der Waals surface area contributed by atoms with Crippen LogP contribution in [0.3, 0.4) is 0 Å². The van der Waals surface area contributed by atoms with Crippen molar-refractivity contribution < 1.29 is 0 Å². The normalized spacial score (nSPS) is 20.1. The Morgan fingerprint density at radius 2 is 1.75 bits per heavy atom. The Morgan fingerprint density at radius 1 is 1.05 bits per heavy atom. The third-order valence-corrected chi connectivity index (χ3v) is 4.32. The van der Waals surface area contributed by atoms with Crippen LogP contribution >= 0.6 is 0 Å². The molecule has 0 amide bonds. The van der Waals surface area contributed by atoms with Crippen molar-refractivity contribution in [2.45, 2.75) is 19.8 Å². The predicted octanol–water partition coefficient (Wildman–Crippen LogP) is 0.583. The quantitative estimate of drug-likeness (QED) is 0.853. The van der Waals surface area contributed by atoms with Crippen LogP contribution in [0.1, 0.15) is 18.9 Å². The first kappa shape index (κ1) is 13.4. The summed E-state index contributed by atoms with van der Waals surface area (Å²) in [5, 5.41) is 0. The molecule has 20 heavy (non-hydrogen) atoms. The summed E-state index contributed by atoms with van der Waals surface area (Å²) in [4.78, 5) is 16.1. The predicted molar refractivity (Wildman–Crippen MR) is 82.4 cm³/mol. The monoisotopic (exact) mass is 276 g/mol. The lowest BCUT2D eigenvalue weighted by atomic mass is 10.1. The molecular formula is C14H24N6. The maximum Gasteiger partial charge on any atom is 0.223 e. The van der Waals surface area contributed by atoms with Gasteiger partial charge in [-0.2, -0.15) is 9.97 Å². The third-order valence-electron chi connectivity index (χ3n) is 4.32. The highest BCUT2D eigenvalue weighted by Crippen LogP contribution is 2.32. The molecule has 6 heteroatoms. The van der Waals surface area contributed by atoms with Gasteiger partial charge in [0.05, 0.1) is 0 Å². The van der Waals surface area contributed by atoms with Crippen LogP contribution in [-0.2, 0) is 6.42 Å². The molecule has 3 rings (SSSR count). The molecule has 0 unspecified atom stereocenters. The fraction of sp³-hybridized carbons (Fsp3) is 0.714. The van der Waals surface area contributed by atoms with Crippen LogP contribution in [0.5, 0.6) is 0 Å². The van der Waals surface area contributed by atoms with E-state index in [1.165, 1.54) is 12.0 Å². The molecule has 1 aromatic heterocycles. The van der Waals surface area contributed by atoms with Crippen molar-refractivity contribution >= 4 is 17.6 Å². The van der Waals surface area contributed by atoms with Crippen LogP contribution in [0.15, 0.2) is 0 Å². The molecule has 0 spiro atoms. The second-order valence-corrected chi connectivity index (χ2v) is 5.68. The molecule has 6 nitrogen and oxygen atoms in total. The van der Waals surface area contributed by atoms with Gasteiger partial charge in [-0.1, -0.05) is 0 Å². The van der Waals surface area contributed by atoms with Crippen molar-refractivity contribution in [3.05, 3.63) is 5.56 Å². The first-order chi connectivity index (χ1) is 9.69. The smallest absolute Gasteiger partial charge is 0.223 e. The lowest BCUT2D eigenvalue weighted by molar-refractivity contribution is 0.311. The molecule has 1 saturated heterocycles. The van der Waals surface area contributed by atoms with Gasteiger partial charge in [-0.05, 0) is 26.8 Å². The number of nitrogens with two attached hydrogens (primary N) is 1. The van der Waals surface area contributed by atoms with Crippen molar-refractivity contribution in [1.82, 2.24) is 14.9 Å². The van der Waals surface area contributed by atoms with Gasteiger partial charge in [-0.15, -0.1) is 0 Å². The molecule has 0 aromatic carbocycles. The number of fused-ring (bicyclic) bond motifs is 1. The first-order valence-corrected chi connectivity index (χ1v) is 7.54. The topological polar surface area (TPSA) is 61.5 Å². The van der Waals surface area contributed by atoms with Gasteiger partial charge in [0, 0.05) is 44.8 Å². The fourth-order valence-corrected chi connectivity index (χ4v) is 3.10. The van der Waals surface area contributed by atoms with E-state index in [9.17, 15) is 0 Å². The van der Waals surface area contributed by atoms with Crippen LogP contribution < -0.4 is 15.5 Å². The van der Waals surface area contributed by atoms with Crippen molar-refractivity contribution in [2.75, 3.05) is 61.8 Å². The Kier molecular flexibility index (Phi) is 3.65. The second-order valence-electron chi connectivity index (χ2n) is 5.68. The summed E-state index contributed by atoms with van der Waals surface area (Å²) in [6.45, 7) is 8.42. The van der Waals surface area contributed by atoms with Gasteiger partial charge in [0.15, 0.2) is 0 Å². The lowest BCUT2D eigenvalue weighted by Gasteiger charge is -2.37. The highest BCUT2D eigenvalue weighted by molar-refractivity contribution is 5.64. The van der Waals surface area contributed by atoms with Crippen LogP contribution in [0.4, 0.5) is 17.6 Å². The minimum atomic E-state index is 0.401. The van der Waals surface area contributed by atoms with Gasteiger partial charge < -0.3 is 20.4 Å². The molecule has 1 aromatic rings. The summed E-state index contributed by atoms with van der Waals surface area (Å²) in [5.74, 6) is 2.52. The number of anilines is 3. The summed E-state index contributed by atoms with van der Waals surface area (Å²) >= 11 is 0. The van der Waals surface area contributed by atoms with E-state index in [2.05, 4.69) is 38.6 Å². The number of hydrogen-bond acceptors (Lipinski definition) is 6. The summed E-state index contributed by atoms with van der Waals surface area (Å²) < 4.78 is 0. The summed E-state index contributed by atoms with van der Waals surface area (Å²) in [5.41, 5.74) is 7.24. The van der Waals surface area contributed by atoms with E-state index in [1.54, 1.807) is 0 Å². The number of likely N-dealkylation sites (N-methyl/N-ethyl adjacent to an activating group) is 1. The summed E-state index contributed by atoms with van der Waals surface area (Å²) in [7, 11) is 2.17. The molecule has 1 fully saturated rings. The van der Waals surface area contributed by atoms with Gasteiger partial charge in [-0.3, -0.25) is 0 Å². The van der Waals surface area contributed by atoms with Gasteiger partial charge in [0.1, 0.15) is 11.6 Å². The van der Waals surface area contributed by atoms with E-state index in [1.807, 2.05) is 0 Å². The Balaban J connectivity index is 1.96. The molecule has 0 radical (unpaired) electrons. The minimum Gasteiger partial charge on any atom is -0.368 e. The summed E-state index contributed by atoms with van der Waals surface area (Å²) in [6, 6.07) is 0. The van der Waals surface area contributed by atoms with E-state index in [0.717, 1.165) is 57.3 Å². The molecule has 0 aliphatic carbocycles. The average molecular weight is 276 g/mol. The van der Waals surface area contributed by atoms with Crippen molar-refractivity contribution in [3.63, 3.8) is 0 Å². The second kappa shape index (κ2) is 5.44. The Hall–Kier alpha value is -1.56. The zero-order chi connectivity index (χ0) is 14.1. The molecule has 0 atom stereocenters. The molecular weight excluding hydrogens is 252 g/mol. The highest BCUT2D eigenvalue weighted by atomic mass is 15.3. The Morgan fingerprint density at radius 3 is 2.45 bits per heavy atom. The number of nitrogen functional groups attached to an aromatic ring is 1. The molecule has 0 saturated carbocycles.